The van der Waals surface area contributed by atoms with Crippen molar-refractivity contribution in [3.63, 3.8) is 0 Å². The summed E-state index contributed by atoms with van der Waals surface area (Å²) < 4.78 is 9.79. The SMILES string of the molecule is COC(=O)c1ccc(NC(=O)C2CC2c2ccc(OC)cc2)cc1. The molecule has 1 amide bonds. The maximum Gasteiger partial charge on any atom is 0.337 e. The van der Waals surface area contributed by atoms with E-state index in [0.29, 0.717) is 11.3 Å². The summed E-state index contributed by atoms with van der Waals surface area (Å²) >= 11 is 0. The Bertz CT molecular complexity index is 737. The van der Waals surface area contributed by atoms with E-state index in [1.165, 1.54) is 7.11 Å². The predicted molar refractivity (Wildman–Crippen MR) is 90.3 cm³/mol. The quantitative estimate of drug-likeness (QED) is 0.857. The first-order valence-electron chi connectivity index (χ1n) is 7.75. The molecule has 1 N–H and O–H groups in total. The maximum atomic E-state index is 12.3. The molecule has 2 unspecified atom stereocenters. The number of anilines is 1. The Morgan fingerprint density at radius 2 is 1.67 bits per heavy atom. The lowest BCUT2D eigenvalue weighted by Gasteiger charge is -2.06. The van der Waals surface area contributed by atoms with Crippen molar-refractivity contribution in [3.8, 4) is 5.75 Å². The Morgan fingerprint density at radius 3 is 2.25 bits per heavy atom. The molecule has 1 fully saturated rings. The van der Waals surface area contributed by atoms with E-state index in [-0.39, 0.29) is 17.7 Å². The fourth-order valence-electron chi connectivity index (χ4n) is 2.75. The predicted octanol–water partition coefficient (Wildman–Crippen LogP) is 3.22. The summed E-state index contributed by atoms with van der Waals surface area (Å²) in [5, 5.41) is 2.89. The Balaban J connectivity index is 1.59. The number of rotatable bonds is 5. The number of ether oxygens (including phenoxy) is 2. The van der Waals surface area contributed by atoms with Gasteiger partial charge in [-0.1, -0.05) is 12.1 Å². The van der Waals surface area contributed by atoms with Crippen LogP contribution in [0.1, 0.15) is 28.3 Å². The molecular weight excluding hydrogens is 306 g/mol. The van der Waals surface area contributed by atoms with Gasteiger partial charge in [-0.3, -0.25) is 4.79 Å². The third-order valence-corrected chi connectivity index (χ3v) is 4.24. The van der Waals surface area contributed by atoms with E-state index >= 15 is 0 Å². The minimum Gasteiger partial charge on any atom is -0.497 e. The van der Waals surface area contributed by atoms with Gasteiger partial charge < -0.3 is 14.8 Å². The van der Waals surface area contributed by atoms with Crippen LogP contribution in [0.4, 0.5) is 5.69 Å². The highest BCUT2D eigenvalue weighted by Crippen LogP contribution is 2.48. The zero-order valence-electron chi connectivity index (χ0n) is 13.6. The lowest BCUT2D eigenvalue weighted by molar-refractivity contribution is -0.117. The van der Waals surface area contributed by atoms with Crippen LogP contribution >= 0.6 is 0 Å². The molecule has 5 heteroatoms. The Morgan fingerprint density at radius 1 is 1.00 bits per heavy atom. The van der Waals surface area contributed by atoms with Gasteiger partial charge in [-0.05, 0) is 54.3 Å². The first-order valence-corrected chi connectivity index (χ1v) is 7.75. The van der Waals surface area contributed by atoms with Gasteiger partial charge in [0.25, 0.3) is 0 Å². The molecular formula is C19H19NO4. The second-order valence-corrected chi connectivity index (χ2v) is 5.78. The molecule has 1 aliphatic rings. The smallest absolute Gasteiger partial charge is 0.337 e. The van der Waals surface area contributed by atoms with E-state index in [4.69, 9.17) is 4.74 Å². The van der Waals surface area contributed by atoms with Crippen molar-refractivity contribution in [1.82, 2.24) is 0 Å². The van der Waals surface area contributed by atoms with Crippen molar-refractivity contribution in [2.24, 2.45) is 5.92 Å². The molecule has 3 rings (SSSR count). The number of benzene rings is 2. The van der Waals surface area contributed by atoms with Crippen LogP contribution in [0.5, 0.6) is 5.75 Å². The minimum atomic E-state index is -0.394. The van der Waals surface area contributed by atoms with Gasteiger partial charge in [0.05, 0.1) is 19.8 Å². The van der Waals surface area contributed by atoms with Crippen LogP contribution in [0.2, 0.25) is 0 Å². The summed E-state index contributed by atoms with van der Waals surface area (Å²) in [5.74, 6) is 0.659. The van der Waals surface area contributed by atoms with Crippen molar-refractivity contribution in [1.29, 1.82) is 0 Å². The summed E-state index contributed by atoms with van der Waals surface area (Å²) in [4.78, 5) is 23.7. The van der Waals surface area contributed by atoms with Crippen LogP contribution in [-0.4, -0.2) is 26.1 Å². The second-order valence-electron chi connectivity index (χ2n) is 5.78. The summed E-state index contributed by atoms with van der Waals surface area (Å²) in [6.07, 6.45) is 0.846. The lowest BCUT2D eigenvalue weighted by Crippen LogP contribution is -2.14. The molecule has 2 aromatic carbocycles. The zero-order chi connectivity index (χ0) is 17.1. The standard InChI is InChI=1S/C19H19NO4/c1-23-15-9-5-12(6-10-15)16-11-17(16)18(21)20-14-7-3-13(4-8-14)19(22)24-2/h3-10,16-17H,11H2,1-2H3,(H,20,21). The van der Waals surface area contributed by atoms with Gasteiger partial charge in [0, 0.05) is 11.6 Å². The zero-order valence-corrected chi connectivity index (χ0v) is 13.6. The number of methoxy groups -OCH3 is 2. The monoisotopic (exact) mass is 325 g/mol. The highest BCUT2D eigenvalue weighted by Gasteiger charge is 2.43. The molecule has 0 aromatic heterocycles. The molecule has 0 heterocycles. The second kappa shape index (κ2) is 6.74. The van der Waals surface area contributed by atoms with Crippen LogP contribution < -0.4 is 10.1 Å². The fourth-order valence-corrected chi connectivity index (χ4v) is 2.75. The van der Waals surface area contributed by atoms with Crippen LogP contribution in [-0.2, 0) is 9.53 Å². The van der Waals surface area contributed by atoms with Gasteiger partial charge in [-0.15, -0.1) is 0 Å². The first-order chi connectivity index (χ1) is 11.6. The van der Waals surface area contributed by atoms with Crippen LogP contribution in [0.25, 0.3) is 0 Å². The molecule has 5 nitrogen and oxygen atoms in total. The van der Waals surface area contributed by atoms with Crippen molar-refractivity contribution in [2.75, 3.05) is 19.5 Å². The highest BCUT2D eigenvalue weighted by molar-refractivity contribution is 5.96. The Kier molecular flexibility index (Phi) is 4.51. The van der Waals surface area contributed by atoms with Crippen molar-refractivity contribution >= 4 is 17.6 Å². The van der Waals surface area contributed by atoms with E-state index < -0.39 is 5.97 Å². The number of carbonyl (C=O) groups excluding carboxylic acids is 2. The molecule has 1 aliphatic carbocycles. The summed E-state index contributed by atoms with van der Waals surface area (Å²) in [6.45, 7) is 0. The largest absolute Gasteiger partial charge is 0.497 e. The van der Waals surface area contributed by atoms with E-state index in [2.05, 4.69) is 10.1 Å². The number of esters is 1. The van der Waals surface area contributed by atoms with Gasteiger partial charge in [-0.25, -0.2) is 4.79 Å². The van der Waals surface area contributed by atoms with E-state index in [1.54, 1.807) is 31.4 Å². The first kappa shape index (κ1) is 16.1. The molecule has 2 aromatic rings. The number of hydrogen-bond acceptors (Lipinski definition) is 4. The number of amides is 1. The van der Waals surface area contributed by atoms with Crippen molar-refractivity contribution in [2.45, 2.75) is 12.3 Å². The molecule has 24 heavy (non-hydrogen) atoms. The van der Waals surface area contributed by atoms with Gasteiger partial charge in [0.1, 0.15) is 5.75 Å². The Hall–Kier alpha value is -2.82. The third-order valence-electron chi connectivity index (χ3n) is 4.24. The van der Waals surface area contributed by atoms with Gasteiger partial charge in [0.15, 0.2) is 0 Å². The average molecular weight is 325 g/mol. The third kappa shape index (κ3) is 3.40. The van der Waals surface area contributed by atoms with Crippen molar-refractivity contribution < 1.29 is 19.1 Å². The van der Waals surface area contributed by atoms with E-state index in [0.717, 1.165) is 17.7 Å². The number of nitrogens with one attached hydrogen (secondary N) is 1. The molecule has 1 saturated carbocycles. The van der Waals surface area contributed by atoms with Crippen LogP contribution in [0.3, 0.4) is 0 Å². The average Bonchev–Trinajstić information content (AvgIpc) is 3.42. The Labute approximate surface area is 140 Å². The molecule has 0 aliphatic heterocycles. The van der Waals surface area contributed by atoms with Gasteiger partial charge in [-0.2, -0.15) is 0 Å². The van der Waals surface area contributed by atoms with E-state index in [9.17, 15) is 9.59 Å². The normalized spacial score (nSPS) is 18.6. The summed E-state index contributed by atoms with van der Waals surface area (Å²) in [5.41, 5.74) is 2.28. The highest BCUT2D eigenvalue weighted by atomic mass is 16.5. The van der Waals surface area contributed by atoms with Crippen molar-refractivity contribution in [3.05, 3.63) is 59.7 Å². The summed E-state index contributed by atoms with van der Waals surface area (Å²) in [7, 11) is 2.97. The lowest BCUT2D eigenvalue weighted by atomic mass is 10.1. The van der Waals surface area contributed by atoms with Crippen LogP contribution in [0, 0.1) is 5.92 Å². The molecule has 124 valence electrons. The van der Waals surface area contributed by atoms with E-state index in [1.807, 2.05) is 24.3 Å². The molecule has 2 atom stereocenters. The number of carbonyl (C=O) groups is 2. The molecule has 0 spiro atoms. The fraction of sp³-hybridized carbons (Fsp3) is 0.263. The van der Waals surface area contributed by atoms with Gasteiger partial charge >= 0.3 is 5.97 Å². The minimum absolute atomic E-state index is 0.00151. The van der Waals surface area contributed by atoms with Gasteiger partial charge in [0.2, 0.25) is 5.91 Å². The topological polar surface area (TPSA) is 64.6 Å². The maximum absolute atomic E-state index is 12.3. The molecule has 0 bridgehead atoms. The number of hydrogen-bond donors (Lipinski definition) is 1. The summed E-state index contributed by atoms with van der Waals surface area (Å²) in [6, 6.07) is 14.5. The van der Waals surface area contributed by atoms with Crippen LogP contribution in [0.15, 0.2) is 48.5 Å². The molecule has 0 saturated heterocycles. The molecule has 0 radical (unpaired) electrons.